The summed E-state index contributed by atoms with van der Waals surface area (Å²) in [6.07, 6.45) is 2.11. The molecule has 3 aromatic carbocycles. The minimum Gasteiger partial charge on any atom is -0.457 e. The van der Waals surface area contributed by atoms with Gasteiger partial charge in [-0.2, -0.15) is 0 Å². The van der Waals surface area contributed by atoms with Crippen LogP contribution in [0.25, 0.3) is 0 Å². The summed E-state index contributed by atoms with van der Waals surface area (Å²) in [5, 5.41) is 0. The lowest BCUT2D eigenvalue weighted by Gasteiger charge is -2.34. The Morgan fingerprint density at radius 1 is 0.871 bits per heavy atom. The van der Waals surface area contributed by atoms with Gasteiger partial charge in [-0.3, -0.25) is 9.69 Å². The highest BCUT2D eigenvalue weighted by Gasteiger charge is 2.44. The van der Waals surface area contributed by atoms with E-state index in [1.54, 1.807) is 0 Å². The normalized spacial score (nSPS) is 20.2. The molecule has 0 saturated carbocycles. The molecule has 2 aliphatic rings. The van der Waals surface area contributed by atoms with Gasteiger partial charge >= 0.3 is 0 Å². The molecule has 2 atom stereocenters. The Labute approximate surface area is 191 Å². The van der Waals surface area contributed by atoms with Crippen LogP contribution < -0.4 is 4.74 Å². The van der Waals surface area contributed by atoms with E-state index in [2.05, 4.69) is 50.0 Å². The largest absolute Gasteiger partial charge is 0.457 e. The number of halogens is 1. The van der Waals surface area contributed by atoms with Crippen LogP contribution in [0.1, 0.15) is 22.3 Å². The second kappa shape index (κ2) is 8.85. The van der Waals surface area contributed by atoms with Gasteiger partial charge in [-0.25, -0.2) is 0 Å². The van der Waals surface area contributed by atoms with Crippen LogP contribution in [0.15, 0.2) is 83.3 Å². The molecule has 2 saturated heterocycles. The molecule has 0 radical (unpaired) electrons. The summed E-state index contributed by atoms with van der Waals surface area (Å²) in [5.74, 6) is 1.66. The molecular formula is C26H25BrN2O2. The van der Waals surface area contributed by atoms with Crippen LogP contribution in [-0.4, -0.2) is 47.4 Å². The lowest BCUT2D eigenvalue weighted by Crippen LogP contribution is -2.49. The van der Waals surface area contributed by atoms with Crippen molar-refractivity contribution in [3.8, 4) is 11.5 Å². The Balaban J connectivity index is 1.17. The zero-order chi connectivity index (χ0) is 21.2. The molecule has 158 valence electrons. The second-order valence-corrected chi connectivity index (χ2v) is 9.13. The van der Waals surface area contributed by atoms with E-state index in [-0.39, 0.29) is 5.91 Å². The summed E-state index contributed by atoms with van der Waals surface area (Å²) >= 11 is 3.64. The van der Waals surface area contributed by atoms with Crippen molar-refractivity contribution in [2.45, 2.75) is 24.9 Å². The molecule has 0 spiro atoms. The molecule has 3 aromatic rings. The van der Waals surface area contributed by atoms with Gasteiger partial charge in [-0.05, 0) is 60.9 Å². The third-order valence-corrected chi connectivity index (χ3v) is 7.09. The van der Waals surface area contributed by atoms with Crippen LogP contribution in [0.2, 0.25) is 0 Å². The van der Waals surface area contributed by atoms with Crippen molar-refractivity contribution in [3.63, 3.8) is 0 Å². The van der Waals surface area contributed by atoms with Gasteiger partial charge in [0.25, 0.3) is 5.91 Å². The van der Waals surface area contributed by atoms with E-state index in [1.807, 2.05) is 54.6 Å². The lowest BCUT2D eigenvalue weighted by atomic mass is 10.1. The van der Waals surface area contributed by atoms with Gasteiger partial charge in [0.15, 0.2) is 0 Å². The molecular weight excluding hydrogens is 452 g/mol. The van der Waals surface area contributed by atoms with Gasteiger partial charge in [0, 0.05) is 41.8 Å². The topological polar surface area (TPSA) is 32.8 Å². The van der Waals surface area contributed by atoms with E-state index in [4.69, 9.17) is 4.74 Å². The first-order chi connectivity index (χ1) is 15.2. The smallest absolute Gasteiger partial charge is 0.254 e. The van der Waals surface area contributed by atoms with E-state index in [0.717, 1.165) is 49.5 Å². The predicted molar refractivity (Wildman–Crippen MR) is 126 cm³/mol. The number of fused-ring (bicyclic) bond motifs is 2. The molecule has 31 heavy (non-hydrogen) atoms. The van der Waals surface area contributed by atoms with Crippen molar-refractivity contribution in [2.75, 3.05) is 19.6 Å². The minimum atomic E-state index is 0.129. The molecule has 2 unspecified atom stereocenters. The van der Waals surface area contributed by atoms with Crippen LogP contribution in [-0.2, 0) is 6.42 Å². The van der Waals surface area contributed by atoms with Crippen LogP contribution >= 0.6 is 15.9 Å². The number of hydrogen-bond donors (Lipinski definition) is 0. The van der Waals surface area contributed by atoms with Gasteiger partial charge in [0.1, 0.15) is 11.5 Å². The number of piperazine rings is 1. The van der Waals surface area contributed by atoms with Crippen molar-refractivity contribution < 1.29 is 9.53 Å². The molecule has 2 aliphatic heterocycles. The average molecular weight is 477 g/mol. The molecule has 5 heteroatoms. The zero-order valence-electron chi connectivity index (χ0n) is 17.3. The Morgan fingerprint density at radius 3 is 2.29 bits per heavy atom. The number of nitrogens with zero attached hydrogens (tertiary/aromatic N) is 2. The van der Waals surface area contributed by atoms with Crippen molar-refractivity contribution in [1.29, 1.82) is 0 Å². The average Bonchev–Trinajstić information content (AvgIpc) is 3.40. The zero-order valence-corrected chi connectivity index (χ0v) is 18.9. The maximum Gasteiger partial charge on any atom is 0.254 e. The molecule has 5 rings (SSSR count). The standard InChI is InChI=1S/C26H25BrN2O2/c27-25-9-5-4-6-19(25)14-15-28-17-22-16-21(28)18-29(22)26(30)20-10-12-24(13-11-20)31-23-7-2-1-3-8-23/h1-13,21-22H,14-18H2. The van der Waals surface area contributed by atoms with Gasteiger partial charge in [-0.15, -0.1) is 0 Å². The summed E-state index contributed by atoms with van der Waals surface area (Å²) in [4.78, 5) is 17.7. The molecule has 1 amide bonds. The third kappa shape index (κ3) is 4.39. The van der Waals surface area contributed by atoms with Crippen LogP contribution in [0.4, 0.5) is 0 Å². The third-order valence-electron chi connectivity index (χ3n) is 6.32. The quantitative estimate of drug-likeness (QED) is 0.478. The molecule has 0 aliphatic carbocycles. The maximum absolute atomic E-state index is 13.1. The van der Waals surface area contributed by atoms with Crippen molar-refractivity contribution in [1.82, 2.24) is 9.80 Å². The fourth-order valence-corrected chi connectivity index (χ4v) is 5.18. The van der Waals surface area contributed by atoms with Gasteiger partial charge < -0.3 is 9.64 Å². The number of carbonyl (C=O) groups is 1. The van der Waals surface area contributed by atoms with Crippen molar-refractivity contribution >= 4 is 21.8 Å². The fraction of sp³-hybridized carbons (Fsp3) is 0.269. The summed E-state index contributed by atoms with van der Waals surface area (Å²) in [6, 6.07) is 26.4. The Bertz CT molecular complexity index is 1050. The van der Waals surface area contributed by atoms with Crippen molar-refractivity contribution in [3.05, 3.63) is 94.5 Å². The first-order valence-electron chi connectivity index (χ1n) is 10.8. The molecule has 0 aromatic heterocycles. The lowest BCUT2D eigenvalue weighted by molar-refractivity contribution is 0.0626. The Hall–Kier alpha value is -2.63. The van der Waals surface area contributed by atoms with E-state index in [1.165, 1.54) is 10.0 Å². The summed E-state index contributed by atoms with van der Waals surface area (Å²) in [6.45, 7) is 2.83. The molecule has 2 heterocycles. The number of ether oxygens (including phenoxy) is 1. The molecule has 2 bridgehead atoms. The number of benzene rings is 3. The highest BCUT2D eigenvalue weighted by molar-refractivity contribution is 9.10. The number of carbonyl (C=O) groups excluding carboxylic acids is 1. The highest BCUT2D eigenvalue weighted by atomic mass is 79.9. The van der Waals surface area contributed by atoms with Crippen LogP contribution in [0.3, 0.4) is 0 Å². The number of hydrogen-bond acceptors (Lipinski definition) is 3. The number of likely N-dealkylation sites (tertiary alicyclic amines) is 2. The van der Waals surface area contributed by atoms with Gasteiger partial charge in [0.05, 0.1) is 0 Å². The van der Waals surface area contributed by atoms with E-state index >= 15 is 0 Å². The van der Waals surface area contributed by atoms with E-state index in [0.29, 0.717) is 12.1 Å². The maximum atomic E-state index is 13.1. The Kier molecular flexibility index (Phi) is 5.79. The van der Waals surface area contributed by atoms with Gasteiger partial charge in [0.2, 0.25) is 0 Å². The van der Waals surface area contributed by atoms with Gasteiger partial charge in [-0.1, -0.05) is 52.3 Å². The first kappa shape index (κ1) is 20.3. The molecule has 4 nitrogen and oxygen atoms in total. The minimum absolute atomic E-state index is 0.129. The first-order valence-corrected chi connectivity index (χ1v) is 11.6. The van der Waals surface area contributed by atoms with Crippen LogP contribution in [0.5, 0.6) is 11.5 Å². The summed E-state index contributed by atoms with van der Waals surface area (Å²) in [5.41, 5.74) is 2.07. The number of rotatable bonds is 6. The number of para-hydroxylation sites is 1. The molecule has 0 N–H and O–H groups in total. The predicted octanol–water partition coefficient (Wildman–Crippen LogP) is 5.38. The SMILES string of the molecule is O=C(c1ccc(Oc2ccccc2)cc1)N1CC2CC1CN2CCc1ccccc1Br. The Morgan fingerprint density at radius 2 is 1.58 bits per heavy atom. The summed E-state index contributed by atoms with van der Waals surface area (Å²) < 4.78 is 7.02. The second-order valence-electron chi connectivity index (χ2n) is 8.28. The number of amides is 1. The van der Waals surface area contributed by atoms with E-state index in [9.17, 15) is 4.79 Å². The fourth-order valence-electron chi connectivity index (χ4n) is 4.69. The monoisotopic (exact) mass is 476 g/mol. The summed E-state index contributed by atoms with van der Waals surface area (Å²) in [7, 11) is 0. The van der Waals surface area contributed by atoms with E-state index < -0.39 is 0 Å². The highest BCUT2D eigenvalue weighted by Crippen LogP contribution is 2.32. The molecule has 2 fully saturated rings. The van der Waals surface area contributed by atoms with Crippen LogP contribution in [0, 0.1) is 0 Å². The van der Waals surface area contributed by atoms with Crippen molar-refractivity contribution in [2.24, 2.45) is 0 Å².